The summed E-state index contributed by atoms with van der Waals surface area (Å²) < 4.78 is 28.0. The first kappa shape index (κ1) is 22.8. The fourth-order valence-electron chi connectivity index (χ4n) is 3.59. The van der Waals surface area contributed by atoms with Crippen LogP contribution in [0.15, 0.2) is 83.8 Å². The molecule has 0 atom stereocenters. The number of para-hydroxylation sites is 2. The number of benzene rings is 3. The number of anilines is 2. The van der Waals surface area contributed by atoms with Crippen LogP contribution in [0.1, 0.15) is 23.0 Å². The van der Waals surface area contributed by atoms with Gasteiger partial charge in [-0.05, 0) is 56.3 Å². The Labute approximate surface area is 197 Å². The summed E-state index contributed by atoms with van der Waals surface area (Å²) in [4.78, 5) is 17.6. The molecular formula is C25H22ClN3O3S. The van der Waals surface area contributed by atoms with E-state index in [1.54, 1.807) is 37.3 Å². The highest BCUT2D eigenvalue weighted by Gasteiger charge is 2.25. The van der Waals surface area contributed by atoms with Gasteiger partial charge in [-0.15, -0.1) is 0 Å². The van der Waals surface area contributed by atoms with Crippen molar-refractivity contribution in [2.24, 2.45) is 0 Å². The lowest BCUT2D eigenvalue weighted by Crippen LogP contribution is -2.31. The Kier molecular flexibility index (Phi) is 6.35. The number of pyridine rings is 1. The van der Waals surface area contributed by atoms with Gasteiger partial charge in [0.2, 0.25) is 0 Å². The largest absolute Gasteiger partial charge is 0.320 e. The fourth-order valence-corrected chi connectivity index (χ4v) is 5.29. The molecule has 33 heavy (non-hydrogen) atoms. The van der Waals surface area contributed by atoms with Gasteiger partial charge < -0.3 is 5.32 Å². The van der Waals surface area contributed by atoms with Crippen molar-refractivity contribution in [2.45, 2.75) is 18.7 Å². The van der Waals surface area contributed by atoms with E-state index >= 15 is 0 Å². The number of hydrogen-bond acceptors (Lipinski definition) is 4. The van der Waals surface area contributed by atoms with Crippen LogP contribution in [0.3, 0.4) is 0 Å². The Morgan fingerprint density at radius 2 is 1.76 bits per heavy atom. The van der Waals surface area contributed by atoms with Crippen LogP contribution in [0.5, 0.6) is 0 Å². The zero-order valence-electron chi connectivity index (χ0n) is 18.1. The van der Waals surface area contributed by atoms with E-state index in [0.717, 1.165) is 11.1 Å². The second-order valence-corrected chi connectivity index (χ2v) is 9.70. The standard InChI is InChI=1S/C25H22ClN3O3S/c1-3-29(19-9-5-4-6-10-19)33(31,32)20-14-15-22(26)21(16-20)25(30)28-23-11-7-8-18-13-12-17(2)27-24(18)23/h4-16H,3H2,1-2H3,(H,28,30). The lowest BCUT2D eigenvalue weighted by Gasteiger charge is -2.23. The van der Waals surface area contributed by atoms with E-state index in [1.165, 1.54) is 22.5 Å². The molecule has 1 aromatic heterocycles. The van der Waals surface area contributed by atoms with Crippen molar-refractivity contribution in [1.82, 2.24) is 4.98 Å². The van der Waals surface area contributed by atoms with Crippen molar-refractivity contribution >= 4 is 49.8 Å². The highest BCUT2D eigenvalue weighted by atomic mass is 35.5. The molecule has 1 heterocycles. The molecule has 3 aromatic carbocycles. The quantitative estimate of drug-likeness (QED) is 0.386. The van der Waals surface area contributed by atoms with Gasteiger partial charge in [0.1, 0.15) is 0 Å². The van der Waals surface area contributed by atoms with Crippen molar-refractivity contribution in [3.63, 3.8) is 0 Å². The number of nitrogens with one attached hydrogen (secondary N) is 1. The predicted molar refractivity (Wildman–Crippen MR) is 133 cm³/mol. The summed E-state index contributed by atoms with van der Waals surface area (Å²) in [7, 11) is -3.91. The average Bonchev–Trinajstić information content (AvgIpc) is 2.80. The number of carbonyl (C=O) groups is 1. The second kappa shape index (κ2) is 9.21. The maximum atomic E-state index is 13.4. The Hall–Kier alpha value is -3.42. The number of fused-ring (bicyclic) bond motifs is 1. The molecule has 1 amide bonds. The van der Waals surface area contributed by atoms with E-state index in [-0.39, 0.29) is 22.0 Å². The van der Waals surface area contributed by atoms with Gasteiger partial charge in [-0.25, -0.2) is 8.42 Å². The summed E-state index contributed by atoms with van der Waals surface area (Å²) in [6.07, 6.45) is 0. The van der Waals surface area contributed by atoms with Crippen LogP contribution in [0.2, 0.25) is 5.02 Å². The molecule has 168 valence electrons. The zero-order valence-corrected chi connectivity index (χ0v) is 19.7. The highest BCUT2D eigenvalue weighted by molar-refractivity contribution is 7.92. The van der Waals surface area contributed by atoms with Crippen LogP contribution < -0.4 is 9.62 Å². The number of hydrogen-bond donors (Lipinski definition) is 1. The summed E-state index contributed by atoms with van der Waals surface area (Å²) in [5.74, 6) is -0.518. The van der Waals surface area contributed by atoms with Crippen LogP contribution >= 0.6 is 11.6 Å². The van der Waals surface area contributed by atoms with E-state index in [2.05, 4.69) is 10.3 Å². The molecule has 8 heteroatoms. The normalized spacial score (nSPS) is 11.4. The van der Waals surface area contributed by atoms with Crippen molar-refractivity contribution < 1.29 is 13.2 Å². The van der Waals surface area contributed by atoms with Crippen molar-refractivity contribution in [3.8, 4) is 0 Å². The third-order valence-electron chi connectivity index (χ3n) is 5.21. The molecule has 0 fully saturated rings. The summed E-state index contributed by atoms with van der Waals surface area (Å²) in [6, 6.07) is 22.2. The minimum absolute atomic E-state index is 0.0188. The lowest BCUT2D eigenvalue weighted by molar-refractivity contribution is 0.102. The molecule has 0 radical (unpaired) electrons. The number of aryl methyl sites for hydroxylation is 1. The van der Waals surface area contributed by atoms with Gasteiger partial charge in [-0.1, -0.05) is 48.0 Å². The molecule has 0 aliphatic rings. The predicted octanol–water partition coefficient (Wildman–Crippen LogP) is 5.66. The van der Waals surface area contributed by atoms with Crippen molar-refractivity contribution in [3.05, 3.63) is 95.1 Å². The Morgan fingerprint density at radius 3 is 2.48 bits per heavy atom. The second-order valence-electron chi connectivity index (χ2n) is 7.43. The summed E-state index contributed by atoms with van der Waals surface area (Å²) in [5, 5.41) is 3.86. The Morgan fingerprint density at radius 1 is 1.00 bits per heavy atom. The Bertz CT molecular complexity index is 1440. The molecule has 0 aliphatic heterocycles. The summed E-state index contributed by atoms with van der Waals surface area (Å²) in [6.45, 7) is 3.86. The van der Waals surface area contributed by atoms with Crippen molar-refractivity contribution in [1.29, 1.82) is 0 Å². The molecule has 0 aliphatic carbocycles. The van der Waals surface area contributed by atoms with E-state index < -0.39 is 15.9 Å². The van der Waals surface area contributed by atoms with Crippen LogP contribution in [0.4, 0.5) is 11.4 Å². The molecule has 0 bridgehead atoms. The summed E-state index contributed by atoms with van der Waals surface area (Å²) in [5.41, 5.74) is 2.58. The minimum Gasteiger partial charge on any atom is -0.320 e. The maximum absolute atomic E-state index is 13.4. The molecule has 0 saturated heterocycles. The number of rotatable bonds is 6. The molecule has 0 unspecified atom stereocenters. The average molecular weight is 480 g/mol. The zero-order chi connectivity index (χ0) is 23.6. The highest BCUT2D eigenvalue weighted by Crippen LogP contribution is 2.28. The van der Waals surface area contributed by atoms with Gasteiger partial charge in [0, 0.05) is 17.6 Å². The van der Waals surface area contributed by atoms with Gasteiger partial charge in [-0.2, -0.15) is 0 Å². The fraction of sp³-hybridized carbons (Fsp3) is 0.120. The van der Waals surface area contributed by atoms with E-state index in [4.69, 9.17) is 11.6 Å². The first-order valence-corrected chi connectivity index (χ1v) is 12.2. The van der Waals surface area contributed by atoms with Crippen LogP contribution in [0, 0.1) is 6.92 Å². The lowest BCUT2D eigenvalue weighted by atomic mass is 10.1. The topological polar surface area (TPSA) is 79.4 Å². The van der Waals surface area contributed by atoms with Crippen LogP contribution in [0.25, 0.3) is 10.9 Å². The third kappa shape index (κ3) is 4.55. The van der Waals surface area contributed by atoms with Crippen LogP contribution in [-0.4, -0.2) is 25.9 Å². The maximum Gasteiger partial charge on any atom is 0.264 e. The van der Waals surface area contributed by atoms with Crippen LogP contribution in [-0.2, 0) is 10.0 Å². The molecule has 0 spiro atoms. The number of sulfonamides is 1. The molecule has 4 aromatic rings. The first-order valence-electron chi connectivity index (χ1n) is 10.4. The number of amides is 1. The van der Waals surface area contributed by atoms with Gasteiger partial charge in [-0.3, -0.25) is 14.1 Å². The van der Waals surface area contributed by atoms with Gasteiger partial charge in [0.15, 0.2) is 0 Å². The van der Waals surface area contributed by atoms with Gasteiger partial charge >= 0.3 is 0 Å². The Balaban J connectivity index is 1.71. The SMILES string of the molecule is CCN(c1ccccc1)S(=O)(=O)c1ccc(Cl)c(C(=O)Nc2cccc3ccc(C)nc23)c1. The number of carbonyl (C=O) groups excluding carboxylic acids is 1. The molecule has 4 rings (SSSR count). The van der Waals surface area contributed by atoms with E-state index in [9.17, 15) is 13.2 Å². The smallest absolute Gasteiger partial charge is 0.264 e. The minimum atomic E-state index is -3.91. The number of nitrogens with zero attached hydrogens (tertiary/aromatic N) is 2. The summed E-state index contributed by atoms with van der Waals surface area (Å²) >= 11 is 6.30. The monoisotopic (exact) mass is 479 g/mol. The van der Waals surface area contributed by atoms with E-state index in [1.807, 2.05) is 37.3 Å². The molecule has 6 nitrogen and oxygen atoms in total. The molecule has 0 saturated carbocycles. The van der Waals surface area contributed by atoms with E-state index in [0.29, 0.717) is 16.9 Å². The number of halogens is 1. The number of aromatic nitrogens is 1. The van der Waals surface area contributed by atoms with Gasteiger partial charge in [0.05, 0.1) is 32.4 Å². The van der Waals surface area contributed by atoms with Crippen molar-refractivity contribution in [2.75, 3.05) is 16.2 Å². The van der Waals surface area contributed by atoms with Gasteiger partial charge in [0.25, 0.3) is 15.9 Å². The first-order chi connectivity index (χ1) is 15.8. The molecule has 1 N–H and O–H groups in total. The molecular weight excluding hydrogens is 458 g/mol. The third-order valence-corrected chi connectivity index (χ3v) is 7.44.